The van der Waals surface area contributed by atoms with Gasteiger partial charge in [-0.25, -0.2) is 19.1 Å². The zero-order valence-corrected chi connectivity index (χ0v) is 11.6. The number of aromatic nitrogens is 4. The van der Waals surface area contributed by atoms with Crippen LogP contribution in [-0.2, 0) is 20.5 Å². The first-order valence-corrected chi connectivity index (χ1v) is 6.00. The fourth-order valence-electron chi connectivity index (χ4n) is 2.17. The van der Waals surface area contributed by atoms with Crippen molar-refractivity contribution >= 4 is 0 Å². The Balaban J connectivity index is 2.38. The summed E-state index contributed by atoms with van der Waals surface area (Å²) < 4.78 is 4.45. The lowest BCUT2D eigenvalue weighted by Crippen LogP contribution is -2.39. The first-order chi connectivity index (χ1) is 7.91. The van der Waals surface area contributed by atoms with E-state index in [0.29, 0.717) is 0 Å². The maximum atomic E-state index is 3.45. The molecule has 0 unspecified atom stereocenters. The molecule has 92 valence electrons. The third-order valence-corrected chi connectivity index (χ3v) is 3.90. The van der Waals surface area contributed by atoms with Gasteiger partial charge in [-0.1, -0.05) is 0 Å². The molecular formula is C13H22N4+2. The Bertz CT molecular complexity index is 510. The van der Waals surface area contributed by atoms with E-state index < -0.39 is 0 Å². The van der Waals surface area contributed by atoms with Gasteiger partial charge >= 0.3 is 0 Å². The van der Waals surface area contributed by atoms with E-state index in [1.807, 2.05) is 0 Å². The van der Waals surface area contributed by atoms with Crippen molar-refractivity contribution in [1.82, 2.24) is 9.97 Å². The van der Waals surface area contributed by atoms with Crippen LogP contribution in [0.4, 0.5) is 0 Å². The minimum Gasteiger partial charge on any atom is -0.244 e. The molecule has 2 heterocycles. The van der Waals surface area contributed by atoms with E-state index in [0.717, 1.165) is 6.42 Å². The van der Waals surface area contributed by atoms with Gasteiger partial charge in [-0.05, 0) is 0 Å². The van der Waals surface area contributed by atoms with Crippen LogP contribution in [0.5, 0.6) is 0 Å². The minimum atomic E-state index is 0.899. The molecular weight excluding hydrogens is 212 g/mol. The summed E-state index contributed by atoms with van der Waals surface area (Å²) in [6, 6.07) is 0. The van der Waals surface area contributed by atoms with Crippen LogP contribution >= 0.6 is 0 Å². The van der Waals surface area contributed by atoms with Gasteiger partial charge in [0.2, 0.25) is 0 Å². The molecule has 0 bridgehead atoms. The molecule has 2 N–H and O–H groups in total. The molecule has 0 saturated carbocycles. The van der Waals surface area contributed by atoms with Crippen LogP contribution in [-0.4, -0.2) is 9.97 Å². The summed E-state index contributed by atoms with van der Waals surface area (Å²) in [6.45, 7) is 8.51. The Morgan fingerprint density at radius 3 is 1.35 bits per heavy atom. The topological polar surface area (TPSA) is 39.3 Å². The summed E-state index contributed by atoms with van der Waals surface area (Å²) in [5.41, 5.74) is 5.07. The van der Waals surface area contributed by atoms with Crippen molar-refractivity contribution in [2.45, 2.75) is 34.1 Å². The van der Waals surface area contributed by atoms with Crippen LogP contribution in [0.1, 0.15) is 34.4 Å². The number of nitrogens with zero attached hydrogens (tertiary/aromatic N) is 2. The molecule has 0 spiro atoms. The first-order valence-electron chi connectivity index (χ1n) is 6.00. The average Bonchev–Trinajstić information content (AvgIpc) is 2.66. The maximum Gasteiger partial charge on any atom is 0.266 e. The Labute approximate surface area is 102 Å². The van der Waals surface area contributed by atoms with Crippen LogP contribution in [0.2, 0.25) is 0 Å². The van der Waals surface area contributed by atoms with Crippen molar-refractivity contribution in [1.29, 1.82) is 0 Å². The van der Waals surface area contributed by atoms with Crippen molar-refractivity contribution in [3.05, 3.63) is 34.4 Å². The van der Waals surface area contributed by atoms with Gasteiger partial charge in [0.05, 0.1) is 14.1 Å². The van der Waals surface area contributed by atoms with Crippen LogP contribution in [0, 0.1) is 27.7 Å². The molecule has 4 nitrogen and oxygen atoms in total. The number of imidazole rings is 2. The predicted octanol–water partition coefficient (Wildman–Crippen LogP) is 0.816. The van der Waals surface area contributed by atoms with Gasteiger partial charge in [0.15, 0.2) is 6.42 Å². The fourth-order valence-corrected chi connectivity index (χ4v) is 2.17. The molecule has 0 amide bonds. The lowest BCUT2D eigenvalue weighted by atomic mass is 10.3. The zero-order chi connectivity index (χ0) is 12.7. The number of rotatable bonds is 2. The van der Waals surface area contributed by atoms with Crippen LogP contribution < -0.4 is 9.13 Å². The standard InChI is InChI=1S/C13H20N4/c1-8-10(3)16(5)12(14-8)7-13-15-9(2)11(4)17(13)6/h7H2,1-6H3/p+2. The third-order valence-electron chi connectivity index (χ3n) is 3.90. The van der Waals surface area contributed by atoms with E-state index in [4.69, 9.17) is 0 Å². The van der Waals surface area contributed by atoms with E-state index in [9.17, 15) is 0 Å². The van der Waals surface area contributed by atoms with E-state index >= 15 is 0 Å². The van der Waals surface area contributed by atoms with E-state index in [1.165, 1.54) is 34.4 Å². The van der Waals surface area contributed by atoms with Gasteiger partial charge in [-0.15, -0.1) is 0 Å². The molecule has 0 aromatic carbocycles. The summed E-state index contributed by atoms with van der Waals surface area (Å²) in [4.78, 5) is 6.89. The molecule has 2 rings (SSSR count). The monoisotopic (exact) mass is 234 g/mol. The quantitative estimate of drug-likeness (QED) is 0.722. The smallest absolute Gasteiger partial charge is 0.244 e. The second-order valence-corrected chi connectivity index (χ2v) is 4.86. The van der Waals surface area contributed by atoms with Crippen molar-refractivity contribution in [3.8, 4) is 0 Å². The van der Waals surface area contributed by atoms with Gasteiger partial charge in [-0.2, -0.15) is 0 Å². The Morgan fingerprint density at radius 2 is 1.12 bits per heavy atom. The minimum absolute atomic E-state index is 0.899. The lowest BCUT2D eigenvalue weighted by molar-refractivity contribution is -0.695. The van der Waals surface area contributed by atoms with Gasteiger partial charge in [-0.3, -0.25) is 0 Å². The molecule has 0 saturated heterocycles. The Morgan fingerprint density at radius 1 is 0.765 bits per heavy atom. The lowest BCUT2D eigenvalue weighted by Gasteiger charge is -1.94. The summed E-state index contributed by atoms with van der Waals surface area (Å²) in [6.07, 6.45) is 0.899. The van der Waals surface area contributed by atoms with E-state index in [-0.39, 0.29) is 0 Å². The predicted molar refractivity (Wildman–Crippen MR) is 65.7 cm³/mol. The van der Waals surface area contributed by atoms with Gasteiger partial charge in [0.25, 0.3) is 11.6 Å². The fraction of sp³-hybridized carbons (Fsp3) is 0.538. The maximum absolute atomic E-state index is 3.45. The van der Waals surface area contributed by atoms with Crippen molar-refractivity contribution in [3.63, 3.8) is 0 Å². The normalized spacial score (nSPS) is 11.2. The number of hydrogen-bond acceptors (Lipinski definition) is 0. The summed E-state index contributed by atoms with van der Waals surface area (Å²) in [5.74, 6) is 2.47. The number of aromatic amines is 2. The molecule has 17 heavy (non-hydrogen) atoms. The zero-order valence-electron chi connectivity index (χ0n) is 11.6. The number of hydrogen-bond donors (Lipinski definition) is 2. The largest absolute Gasteiger partial charge is 0.266 e. The second-order valence-electron chi connectivity index (χ2n) is 4.86. The SMILES string of the molecule is Cc1[nH]c(Cc2[nH]c(C)c(C)[n+]2C)[n+](C)c1C. The molecule has 0 aliphatic rings. The Kier molecular flexibility index (Phi) is 2.81. The molecule has 2 aromatic heterocycles. The van der Waals surface area contributed by atoms with Crippen LogP contribution in [0.25, 0.3) is 0 Å². The highest BCUT2D eigenvalue weighted by Gasteiger charge is 2.23. The second kappa shape index (κ2) is 4.02. The van der Waals surface area contributed by atoms with Gasteiger partial charge in [0, 0.05) is 27.7 Å². The highest BCUT2D eigenvalue weighted by atomic mass is 15.1. The molecule has 0 radical (unpaired) electrons. The van der Waals surface area contributed by atoms with Crippen LogP contribution in [0.3, 0.4) is 0 Å². The molecule has 0 fully saturated rings. The van der Waals surface area contributed by atoms with Crippen molar-refractivity contribution in [2.75, 3.05) is 0 Å². The highest BCUT2D eigenvalue weighted by Crippen LogP contribution is 2.06. The van der Waals surface area contributed by atoms with Gasteiger partial charge in [0.1, 0.15) is 22.8 Å². The van der Waals surface area contributed by atoms with Gasteiger partial charge < -0.3 is 0 Å². The number of nitrogens with one attached hydrogen (secondary N) is 2. The highest BCUT2D eigenvalue weighted by molar-refractivity contribution is 5.08. The van der Waals surface area contributed by atoms with Crippen LogP contribution in [0.15, 0.2) is 0 Å². The third kappa shape index (κ3) is 1.88. The van der Waals surface area contributed by atoms with E-state index in [1.54, 1.807) is 0 Å². The number of aryl methyl sites for hydroxylation is 2. The Hall–Kier alpha value is -1.58. The molecule has 0 atom stereocenters. The molecule has 0 aliphatic heterocycles. The molecule has 2 aromatic rings. The number of H-pyrrole nitrogens is 2. The summed E-state index contributed by atoms with van der Waals surface area (Å²) >= 11 is 0. The van der Waals surface area contributed by atoms with Crippen molar-refractivity contribution < 1.29 is 9.13 Å². The summed E-state index contributed by atoms with van der Waals surface area (Å²) in [7, 11) is 4.22. The average molecular weight is 234 g/mol. The first kappa shape index (κ1) is 11.9. The molecule has 4 heteroatoms. The van der Waals surface area contributed by atoms with E-state index in [2.05, 4.69) is 60.9 Å². The summed E-state index contributed by atoms with van der Waals surface area (Å²) in [5, 5.41) is 0. The molecule has 0 aliphatic carbocycles. The van der Waals surface area contributed by atoms with Crippen molar-refractivity contribution in [2.24, 2.45) is 14.1 Å².